The summed E-state index contributed by atoms with van der Waals surface area (Å²) in [5.74, 6) is 2.36. The van der Waals surface area contributed by atoms with Gasteiger partial charge in [0.05, 0.1) is 11.4 Å². The number of anilines is 4. The zero-order valence-electron chi connectivity index (χ0n) is 24.3. The van der Waals surface area contributed by atoms with E-state index in [1.807, 2.05) is 0 Å². The highest BCUT2D eigenvalue weighted by Gasteiger charge is 2.53. The summed E-state index contributed by atoms with van der Waals surface area (Å²) in [6, 6.07) is 19.8. The zero-order valence-corrected chi connectivity index (χ0v) is 24.3. The smallest absolute Gasteiger partial charge is 0.178 e. The molecule has 1 aromatic heterocycles. The van der Waals surface area contributed by atoms with Gasteiger partial charge >= 0.3 is 0 Å². The molecule has 0 bridgehead atoms. The maximum atomic E-state index is 5.51. The Morgan fingerprint density at radius 3 is 1.81 bits per heavy atom. The number of rotatable bonds is 4. The van der Waals surface area contributed by atoms with Crippen LogP contribution in [0.3, 0.4) is 0 Å². The lowest BCUT2D eigenvalue weighted by atomic mass is 9.66. The number of para-hydroxylation sites is 2. The molecule has 0 fully saturated rings. The highest BCUT2D eigenvalue weighted by atomic mass is 15.5. The minimum absolute atomic E-state index is 0.0509. The van der Waals surface area contributed by atoms with Crippen LogP contribution in [0, 0.1) is 16.7 Å². The summed E-state index contributed by atoms with van der Waals surface area (Å²) < 4.78 is 0. The molecule has 0 spiro atoms. The van der Waals surface area contributed by atoms with Crippen molar-refractivity contribution in [2.45, 2.75) is 93.2 Å². The van der Waals surface area contributed by atoms with Gasteiger partial charge in [0, 0.05) is 22.7 Å². The highest BCUT2D eigenvalue weighted by Crippen LogP contribution is 2.57. The summed E-state index contributed by atoms with van der Waals surface area (Å²) in [7, 11) is 0. The van der Waals surface area contributed by atoms with E-state index in [0.29, 0.717) is 5.92 Å². The normalized spacial score (nSPS) is 23.1. The fourth-order valence-corrected chi connectivity index (χ4v) is 6.28. The molecule has 37 heavy (non-hydrogen) atoms. The molecule has 2 aliphatic heterocycles. The van der Waals surface area contributed by atoms with Crippen LogP contribution in [0.4, 0.5) is 23.0 Å². The average Bonchev–Trinajstić information content (AvgIpc) is 3.15. The first-order valence-corrected chi connectivity index (χ1v) is 14.0. The van der Waals surface area contributed by atoms with Gasteiger partial charge in [-0.05, 0) is 53.9 Å². The molecule has 5 rings (SSSR count). The van der Waals surface area contributed by atoms with E-state index in [-0.39, 0.29) is 22.4 Å². The summed E-state index contributed by atoms with van der Waals surface area (Å²) in [5, 5.41) is 0. The van der Waals surface area contributed by atoms with Crippen LogP contribution in [0.25, 0.3) is 0 Å². The SMILES string of the molecule is CCC1(C)c2ccccc2N2c3nc(CC(C)(C)C)c(CC(C)(C)C)nc3N(c3ccccc3)C2C1C. The Balaban J connectivity index is 1.81. The first kappa shape index (κ1) is 25.8. The maximum Gasteiger partial charge on any atom is 0.178 e. The molecule has 196 valence electrons. The molecule has 0 saturated heterocycles. The molecule has 0 radical (unpaired) electrons. The van der Waals surface area contributed by atoms with E-state index in [1.165, 1.54) is 16.9 Å². The lowest BCUT2D eigenvalue weighted by Crippen LogP contribution is -2.54. The predicted octanol–water partition coefficient (Wildman–Crippen LogP) is 8.59. The van der Waals surface area contributed by atoms with E-state index < -0.39 is 0 Å². The van der Waals surface area contributed by atoms with Crippen LogP contribution >= 0.6 is 0 Å². The Bertz CT molecular complexity index is 1280. The third-order valence-corrected chi connectivity index (χ3v) is 8.40. The van der Waals surface area contributed by atoms with Gasteiger partial charge in [-0.2, -0.15) is 0 Å². The standard InChI is InChI=1S/C33H44N4/c1-10-33(9)22(2)30-36(23-16-12-11-13-17-23)28-29(37(30)27-19-15-14-18-24(27)33)35-26(21-32(6,7)8)25(34-28)20-31(3,4)5/h11-19,22,30H,10,20-21H2,1-9H3. The topological polar surface area (TPSA) is 32.3 Å². The number of fused-ring (bicyclic) bond motifs is 5. The maximum absolute atomic E-state index is 5.51. The van der Waals surface area contributed by atoms with Gasteiger partial charge in [0.15, 0.2) is 11.6 Å². The minimum Gasteiger partial charge on any atom is -0.302 e. The van der Waals surface area contributed by atoms with Crippen molar-refractivity contribution in [3.63, 3.8) is 0 Å². The van der Waals surface area contributed by atoms with E-state index in [4.69, 9.17) is 9.97 Å². The molecule has 4 heteroatoms. The minimum atomic E-state index is 0.0509. The van der Waals surface area contributed by atoms with Gasteiger partial charge in [0.1, 0.15) is 6.17 Å². The summed E-state index contributed by atoms with van der Waals surface area (Å²) in [5.41, 5.74) is 6.45. The van der Waals surface area contributed by atoms with E-state index in [0.717, 1.165) is 42.3 Å². The molecule has 2 aromatic carbocycles. The zero-order chi connectivity index (χ0) is 26.8. The quantitative estimate of drug-likeness (QED) is 0.362. The van der Waals surface area contributed by atoms with E-state index in [1.54, 1.807) is 0 Å². The lowest BCUT2D eigenvalue weighted by molar-refractivity contribution is 0.249. The van der Waals surface area contributed by atoms with Crippen molar-refractivity contribution in [3.05, 3.63) is 71.5 Å². The summed E-state index contributed by atoms with van der Waals surface area (Å²) in [4.78, 5) is 16.0. The average molecular weight is 497 g/mol. The van der Waals surface area contributed by atoms with Crippen LogP contribution in [0.15, 0.2) is 54.6 Å². The number of hydrogen-bond donors (Lipinski definition) is 0. The van der Waals surface area contributed by atoms with Crippen LogP contribution < -0.4 is 9.80 Å². The molecule has 0 amide bonds. The number of benzene rings is 2. The Hall–Kier alpha value is -2.88. The van der Waals surface area contributed by atoms with Gasteiger partial charge in [-0.3, -0.25) is 0 Å². The second-order valence-corrected chi connectivity index (χ2v) is 13.8. The largest absolute Gasteiger partial charge is 0.302 e. The van der Waals surface area contributed by atoms with Crippen molar-refractivity contribution in [3.8, 4) is 0 Å². The number of aromatic nitrogens is 2. The van der Waals surface area contributed by atoms with Gasteiger partial charge in [0.25, 0.3) is 0 Å². The molecular formula is C33H44N4. The summed E-state index contributed by atoms with van der Waals surface area (Å²) >= 11 is 0. The third kappa shape index (κ3) is 4.43. The van der Waals surface area contributed by atoms with Gasteiger partial charge in [-0.25, -0.2) is 9.97 Å². The van der Waals surface area contributed by atoms with Gasteiger partial charge in [-0.15, -0.1) is 0 Å². The van der Waals surface area contributed by atoms with Crippen LogP contribution in [0.1, 0.15) is 85.7 Å². The molecule has 0 N–H and O–H groups in total. The Morgan fingerprint density at radius 1 is 0.757 bits per heavy atom. The fourth-order valence-electron chi connectivity index (χ4n) is 6.28. The van der Waals surface area contributed by atoms with Gasteiger partial charge in [0.2, 0.25) is 0 Å². The molecule has 3 aromatic rings. The van der Waals surface area contributed by atoms with Crippen LogP contribution in [0.2, 0.25) is 0 Å². The first-order valence-electron chi connectivity index (χ1n) is 14.0. The molecule has 3 heterocycles. The summed E-state index contributed by atoms with van der Waals surface area (Å²) in [6.45, 7) is 21.0. The van der Waals surface area contributed by atoms with Crippen molar-refractivity contribution in [1.29, 1.82) is 0 Å². The molecule has 0 aliphatic carbocycles. The van der Waals surface area contributed by atoms with Crippen molar-refractivity contribution < 1.29 is 0 Å². The van der Waals surface area contributed by atoms with Crippen molar-refractivity contribution in [2.24, 2.45) is 16.7 Å². The van der Waals surface area contributed by atoms with Crippen LogP contribution in [-0.2, 0) is 18.3 Å². The molecule has 3 atom stereocenters. The predicted molar refractivity (Wildman–Crippen MR) is 156 cm³/mol. The third-order valence-electron chi connectivity index (χ3n) is 8.40. The Labute approximate surface area is 224 Å². The highest BCUT2D eigenvalue weighted by molar-refractivity contribution is 5.86. The van der Waals surface area contributed by atoms with Crippen LogP contribution in [-0.4, -0.2) is 16.1 Å². The first-order chi connectivity index (χ1) is 17.3. The van der Waals surface area contributed by atoms with Gasteiger partial charge in [-0.1, -0.05) is 98.7 Å². The van der Waals surface area contributed by atoms with E-state index in [2.05, 4.69) is 127 Å². The Morgan fingerprint density at radius 2 is 1.27 bits per heavy atom. The van der Waals surface area contributed by atoms with E-state index in [9.17, 15) is 0 Å². The van der Waals surface area contributed by atoms with Crippen LogP contribution in [0.5, 0.6) is 0 Å². The lowest BCUT2D eigenvalue weighted by Gasteiger charge is -2.50. The molecule has 0 saturated carbocycles. The monoisotopic (exact) mass is 496 g/mol. The number of nitrogens with zero attached hydrogens (tertiary/aromatic N) is 4. The second-order valence-electron chi connectivity index (χ2n) is 13.8. The Kier molecular flexibility index (Phi) is 6.16. The molecular weight excluding hydrogens is 452 g/mol. The fraction of sp³-hybridized carbons (Fsp3) is 0.515. The van der Waals surface area contributed by atoms with Crippen molar-refractivity contribution in [2.75, 3.05) is 9.80 Å². The van der Waals surface area contributed by atoms with Crippen molar-refractivity contribution >= 4 is 23.0 Å². The molecule has 4 nitrogen and oxygen atoms in total. The van der Waals surface area contributed by atoms with Gasteiger partial charge < -0.3 is 9.80 Å². The summed E-state index contributed by atoms with van der Waals surface area (Å²) in [6.07, 6.45) is 3.02. The molecule has 2 aliphatic rings. The van der Waals surface area contributed by atoms with Crippen molar-refractivity contribution in [1.82, 2.24) is 9.97 Å². The number of hydrogen-bond acceptors (Lipinski definition) is 4. The molecule has 3 unspecified atom stereocenters. The van der Waals surface area contributed by atoms with E-state index >= 15 is 0 Å². The second kappa shape index (κ2) is 8.85.